The molecule has 2 heterocycles. The third kappa shape index (κ3) is 3.75. The first-order chi connectivity index (χ1) is 13.6. The summed E-state index contributed by atoms with van der Waals surface area (Å²) >= 11 is 5.95. The zero-order valence-corrected chi connectivity index (χ0v) is 15.8. The van der Waals surface area contributed by atoms with Gasteiger partial charge in [0.15, 0.2) is 0 Å². The van der Waals surface area contributed by atoms with Gasteiger partial charge in [0.25, 0.3) is 11.8 Å². The Bertz CT molecular complexity index is 1050. The first kappa shape index (κ1) is 18.2. The molecule has 0 bridgehead atoms. The summed E-state index contributed by atoms with van der Waals surface area (Å²) < 4.78 is 0. The van der Waals surface area contributed by atoms with Crippen LogP contribution in [0.2, 0.25) is 5.02 Å². The van der Waals surface area contributed by atoms with Gasteiger partial charge < -0.3 is 10.2 Å². The number of fused-ring (bicyclic) bond motifs is 1. The minimum atomic E-state index is -0.393. The van der Waals surface area contributed by atoms with Crippen molar-refractivity contribution in [2.75, 3.05) is 16.8 Å². The summed E-state index contributed by atoms with van der Waals surface area (Å²) in [5, 5.41) is 3.28. The van der Waals surface area contributed by atoms with E-state index in [2.05, 4.69) is 10.3 Å². The van der Waals surface area contributed by atoms with Gasteiger partial charge in [0.1, 0.15) is 5.69 Å². The number of amides is 2. The van der Waals surface area contributed by atoms with Crippen molar-refractivity contribution in [2.24, 2.45) is 0 Å². The predicted octanol–water partition coefficient (Wildman–Crippen LogP) is 4.58. The van der Waals surface area contributed by atoms with E-state index in [1.165, 1.54) is 12.3 Å². The van der Waals surface area contributed by atoms with Crippen LogP contribution in [0.15, 0.2) is 66.9 Å². The molecule has 0 fully saturated rings. The van der Waals surface area contributed by atoms with Crippen molar-refractivity contribution in [1.29, 1.82) is 0 Å². The van der Waals surface area contributed by atoms with Crippen LogP contribution in [-0.4, -0.2) is 23.3 Å². The Balaban J connectivity index is 1.57. The van der Waals surface area contributed by atoms with Crippen LogP contribution in [0.3, 0.4) is 0 Å². The average molecular weight is 392 g/mol. The van der Waals surface area contributed by atoms with Gasteiger partial charge in [-0.15, -0.1) is 0 Å². The van der Waals surface area contributed by atoms with Gasteiger partial charge in [0.2, 0.25) is 0 Å². The summed E-state index contributed by atoms with van der Waals surface area (Å²) in [5.41, 5.74) is 3.27. The smallest absolute Gasteiger partial charge is 0.274 e. The molecule has 0 aliphatic carbocycles. The average Bonchev–Trinajstić information content (AvgIpc) is 2.73. The Morgan fingerprint density at radius 3 is 2.75 bits per heavy atom. The fourth-order valence-electron chi connectivity index (χ4n) is 3.35. The fraction of sp³-hybridized carbons (Fsp3) is 0.136. The van der Waals surface area contributed by atoms with E-state index >= 15 is 0 Å². The number of halogens is 1. The van der Waals surface area contributed by atoms with E-state index in [1.54, 1.807) is 35.2 Å². The molecule has 4 rings (SSSR count). The highest BCUT2D eigenvalue weighted by Gasteiger charge is 2.24. The minimum Gasteiger partial charge on any atom is -0.321 e. The van der Waals surface area contributed by atoms with Gasteiger partial charge in [0, 0.05) is 34.7 Å². The standard InChI is InChI=1S/C22H18ClN3O2/c23-17-7-3-8-18(14-17)25-21(27)19-13-16(10-11-24-19)22(28)26-12-4-6-15-5-1-2-9-20(15)26/h1-3,5,7-11,13-14H,4,6,12H2,(H,25,27). The number of hydrogen-bond donors (Lipinski definition) is 1. The first-order valence-electron chi connectivity index (χ1n) is 9.04. The van der Waals surface area contributed by atoms with Crippen LogP contribution in [0.1, 0.15) is 32.8 Å². The molecule has 1 aromatic heterocycles. The van der Waals surface area contributed by atoms with Gasteiger partial charge in [0.05, 0.1) is 0 Å². The normalized spacial score (nSPS) is 13.0. The number of aryl methyl sites for hydroxylation is 1. The topological polar surface area (TPSA) is 62.3 Å². The largest absolute Gasteiger partial charge is 0.321 e. The molecule has 140 valence electrons. The Kier molecular flexibility index (Phi) is 5.08. The van der Waals surface area contributed by atoms with Crippen molar-refractivity contribution in [1.82, 2.24) is 4.98 Å². The second kappa shape index (κ2) is 7.82. The lowest BCUT2D eigenvalue weighted by molar-refractivity contribution is 0.0985. The molecule has 1 aliphatic heterocycles. The van der Waals surface area contributed by atoms with Gasteiger partial charge in [-0.25, -0.2) is 0 Å². The van der Waals surface area contributed by atoms with Crippen molar-refractivity contribution in [2.45, 2.75) is 12.8 Å². The minimum absolute atomic E-state index is 0.133. The molecular formula is C22H18ClN3O2. The molecule has 6 heteroatoms. The molecule has 0 unspecified atom stereocenters. The zero-order chi connectivity index (χ0) is 19.5. The monoisotopic (exact) mass is 391 g/mol. The van der Waals surface area contributed by atoms with Crippen molar-refractivity contribution < 1.29 is 9.59 Å². The number of hydrogen-bond acceptors (Lipinski definition) is 3. The summed E-state index contributed by atoms with van der Waals surface area (Å²) in [7, 11) is 0. The maximum absolute atomic E-state index is 13.1. The molecule has 2 aromatic carbocycles. The number of nitrogens with one attached hydrogen (secondary N) is 1. The molecule has 0 atom stereocenters. The fourth-order valence-corrected chi connectivity index (χ4v) is 3.54. The highest BCUT2D eigenvalue weighted by atomic mass is 35.5. The Hall–Kier alpha value is -3.18. The number of pyridine rings is 1. The lowest BCUT2D eigenvalue weighted by atomic mass is 10.0. The molecule has 2 amide bonds. The Morgan fingerprint density at radius 2 is 1.89 bits per heavy atom. The summed E-state index contributed by atoms with van der Waals surface area (Å²) in [6.45, 7) is 0.655. The van der Waals surface area contributed by atoms with Crippen molar-refractivity contribution >= 4 is 34.8 Å². The van der Waals surface area contributed by atoms with E-state index in [1.807, 2.05) is 24.3 Å². The van der Waals surface area contributed by atoms with Crippen LogP contribution in [0.4, 0.5) is 11.4 Å². The number of rotatable bonds is 3. The van der Waals surface area contributed by atoms with E-state index in [0.717, 1.165) is 24.1 Å². The van der Waals surface area contributed by atoms with Crippen LogP contribution < -0.4 is 10.2 Å². The van der Waals surface area contributed by atoms with Crippen LogP contribution in [0.5, 0.6) is 0 Å². The third-order valence-electron chi connectivity index (χ3n) is 4.68. The maximum atomic E-state index is 13.1. The summed E-state index contributed by atoms with van der Waals surface area (Å²) in [4.78, 5) is 31.5. The second-order valence-electron chi connectivity index (χ2n) is 6.58. The highest BCUT2D eigenvalue weighted by molar-refractivity contribution is 6.31. The van der Waals surface area contributed by atoms with Gasteiger partial charge in [-0.05, 0) is 54.8 Å². The first-order valence-corrected chi connectivity index (χ1v) is 9.42. The summed E-state index contributed by atoms with van der Waals surface area (Å²) in [6.07, 6.45) is 3.36. The number of aromatic nitrogens is 1. The number of para-hydroxylation sites is 1. The van der Waals surface area contributed by atoms with Crippen LogP contribution >= 0.6 is 11.6 Å². The van der Waals surface area contributed by atoms with Gasteiger partial charge in [-0.3, -0.25) is 14.6 Å². The van der Waals surface area contributed by atoms with Crippen molar-refractivity contribution in [3.63, 3.8) is 0 Å². The van der Waals surface area contributed by atoms with Crippen LogP contribution in [0.25, 0.3) is 0 Å². The van der Waals surface area contributed by atoms with Crippen LogP contribution in [-0.2, 0) is 6.42 Å². The SMILES string of the molecule is O=C(Nc1cccc(Cl)c1)c1cc(C(=O)N2CCCc3ccccc32)ccn1. The van der Waals surface area contributed by atoms with E-state index in [4.69, 9.17) is 11.6 Å². The molecule has 0 spiro atoms. The van der Waals surface area contributed by atoms with E-state index in [9.17, 15) is 9.59 Å². The number of anilines is 2. The molecule has 5 nitrogen and oxygen atoms in total. The summed E-state index contributed by atoms with van der Waals surface area (Å²) in [6, 6.07) is 18.0. The molecular weight excluding hydrogens is 374 g/mol. The summed E-state index contributed by atoms with van der Waals surface area (Å²) in [5.74, 6) is -0.526. The van der Waals surface area contributed by atoms with E-state index < -0.39 is 5.91 Å². The number of carbonyl (C=O) groups excluding carboxylic acids is 2. The maximum Gasteiger partial charge on any atom is 0.274 e. The predicted molar refractivity (Wildman–Crippen MR) is 110 cm³/mol. The quantitative estimate of drug-likeness (QED) is 0.710. The van der Waals surface area contributed by atoms with Crippen LogP contribution in [0, 0.1) is 0 Å². The molecule has 0 saturated carbocycles. The Morgan fingerprint density at radius 1 is 1.04 bits per heavy atom. The van der Waals surface area contributed by atoms with E-state index in [-0.39, 0.29) is 11.6 Å². The lowest BCUT2D eigenvalue weighted by Crippen LogP contribution is -2.35. The molecule has 0 saturated heterocycles. The van der Waals surface area contributed by atoms with Gasteiger partial charge in [-0.1, -0.05) is 35.9 Å². The van der Waals surface area contributed by atoms with Gasteiger partial charge in [-0.2, -0.15) is 0 Å². The molecule has 28 heavy (non-hydrogen) atoms. The Labute approximate surface area is 168 Å². The number of carbonyl (C=O) groups is 2. The molecule has 1 N–H and O–H groups in total. The molecule has 3 aromatic rings. The second-order valence-corrected chi connectivity index (χ2v) is 7.02. The van der Waals surface area contributed by atoms with Crippen molar-refractivity contribution in [3.05, 3.63) is 88.7 Å². The van der Waals surface area contributed by atoms with Gasteiger partial charge >= 0.3 is 0 Å². The molecule has 1 aliphatic rings. The van der Waals surface area contributed by atoms with E-state index in [0.29, 0.717) is 22.8 Å². The number of benzene rings is 2. The zero-order valence-electron chi connectivity index (χ0n) is 15.1. The highest BCUT2D eigenvalue weighted by Crippen LogP contribution is 2.28. The number of nitrogens with zero attached hydrogens (tertiary/aromatic N) is 2. The van der Waals surface area contributed by atoms with Crippen molar-refractivity contribution in [3.8, 4) is 0 Å². The molecule has 0 radical (unpaired) electrons. The lowest BCUT2D eigenvalue weighted by Gasteiger charge is -2.29. The third-order valence-corrected chi connectivity index (χ3v) is 4.91.